The molecule has 0 N–H and O–H groups in total. The molecule has 2 aromatic rings. The fraction of sp³-hybridized carbons (Fsp3) is 0.278. The second-order valence-electron chi connectivity index (χ2n) is 5.19. The normalized spacial score (nSPS) is 11.4. The molecule has 2 nitrogen and oxygen atoms in total. The fourth-order valence-corrected chi connectivity index (χ4v) is 3.39. The molecule has 0 unspecified atom stereocenters. The highest BCUT2D eigenvalue weighted by atomic mass is 35.5. The van der Waals surface area contributed by atoms with E-state index in [0.717, 1.165) is 22.6 Å². The maximum absolute atomic E-state index is 12.8. The Morgan fingerprint density at radius 2 is 1.88 bits per heavy atom. The summed E-state index contributed by atoms with van der Waals surface area (Å²) in [7, 11) is 0. The van der Waals surface area contributed by atoms with Crippen LogP contribution in [0.15, 0.2) is 52.3 Å². The van der Waals surface area contributed by atoms with Crippen LogP contribution in [0.5, 0.6) is 0 Å². The molecule has 0 saturated heterocycles. The quantitative estimate of drug-likeness (QED) is 0.567. The first-order chi connectivity index (χ1) is 11.8. The number of halogens is 4. The molecule has 0 aliphatic heterocycles. The van der Waals surface area contributed by atoms with E-state index >= 15 is 0 Å². The Morgan fingerprint density at radius 3 is 2.52 bits per heavy atom. The van der Waals surface area contributed by atoms with Crippen molar-refractivity contribution >= 4 is 29.3 Å². The van der Waals surface area contributed by atoms with Gasteiger partial charge in [-0.15, -0.1) is 0 Å². The van der Waals surface area contributed by atoms with Crippen LogP contribution in [0.2, 0.25) is 5.02 Å². The highest BCUT2D eigenvalue weighted by Gasteiger charge is 2.30. The van der Waals surface area contributed by atoms with E-state index in [0.29, 0.717) is 22.9 Å². The zero-order valence-corrected chi connectivity index (χ0v) is 15.0. The van der Waals surface area contributed by atoms with E-state index in [2.05, 4.69) is 0 Å². The lowest BCUT2D eigenvalue weighted by Crippen LogP contribution is -2.05. The summed E-state index contributed by atoms with van der Waals surface area (Å²) in [5.74, 6) is -0.291. The van der Waals surface area contributed by atoms with Gasteiger partial charge in [0.1, 0.15) is 0 Å². The third-order valence-corrected chi connectivity index (χ3v) is 4.66. The van der Waals surface area contributed by atoms with Crippen molar-refractivity contribution in [1.29, 1.82) is 0 Å². The van der Waals surface area contributed by atoms with E-state index < -0.39 is 11.7 Å². The van der Waals surface area contributed by atoms with Gasteiger partial charge in [0, 0.05) is 21.2 Å². The van der Waals surface area contributed by atoms with Crippen molar-refractivity contribution in [3.8, 4) is 0 Å². The zero-order valence-electron chi connectivity index (χ0n) is 13.4. The number of hydrogen-bond acceptors (Lipinski definition) is 3. The number of rotatable bonds is 6. The summed E-state index contributed by atoms with van der Waals surface area (Å²) in [6, 6.07) is 10.4. The van der Waals surface area contributed by atoms with Crippen molar-refractivity contribution < 1.29 is 22.7 Å². The Hall–Kier alpha value is -1.66. The summed E-state index contributed by atoms with van der Waals surface area (Å²) in [5.41, 5.74) is 0.109. The molecular formula is C18H16ClF3O2S. The second-order valence-corrected chi connectivity index (χ2v) is 6.74. The van der Waals surface area contributed by atoms with Crippen LogP contribution in [0.1, 0.15) is 24.5 Å². The van der Waals surface area contributed by atoms with Crippen LogP contribution < -0.4 is 0 Å². The number of ether oxygens (including phenoxy) is 1. The van der Waals surface area contributed by atoms with Crippen LogP contribution in [-0.4, -0.2) is 12.6 Å². The highest BCUT2D eigenvalue weighted by molar-refractivity contribution is 7.99. The van der Waals surface area contributed by atoms with E-state index in [1.165, 1.54) is 17.8 Å². The number of hydrogen-bond donors (Lipinski definition) is 0. The lowest BCUT2D eigenvalue weighted by Gasteiger charge is -2.10. The number of carbonyl (C=O) groups is 1. The molecule has 0 aromatic heterocycles. The smallest absolute Gasteiger partial charge is 0.416 e. The van der Waals surface area contributed by atoms with Crippen LogP contribution in [0.25, 0.3) is 0 Å². The van der Waals surface area contributed by atoms with Crippen molar-refractivity contribution in [2.45, 2.75) is 35.7 Å². The van der Waals surface area contributed by atoms with Gasteiger partial charge >= 0.3 is 12.1 Å². The monoisotopic (exact) mass is 388 g/mol. The Labute approximate surface area is 153 Å². The van der Waals surface area contributed by atoms with Gasteiger partial charge in [-0.05, 0) is 49.2 Å². The van der Waals surface area contributed by atoms with Crippen LogP contribution >= 0.6 is 23.4 Å². The van der Waals surface area contributed by atoms with Gasteiger partial charge in [-0.1, -0.05) is 35.5 Å². The lowest BCUT2D eigenvalue weighted by molar-refractivity contribution is -0.143. The predicted molar refractivity (Wildman–Crippen MR) is 92.0 cm³/mol. The average molecular weight is 389 g/mol. The minimum Gasteiger partial charge on any atom is -0.466 e. The van der Waals surface area contributed by atoms with Crippen LogP contribution in [0.4, 0.5) is 13.2 Å². The van der Waals surface area contributed by atoms with Gasteiger partial charge in [-0.3, -0.25) is 4.79 Å². The maximum Gasteiger partial charge on any atom is 0.416 e. The first kappa shape index (κ1) is 19.7. The number of carbonyl (C=O) groups excluding carboxylic acids is 1. The van der Waals surface area contributed by atoms with Crippen molar-refractivity contribution in [2.75, 3.05) is 6.61 Å². The van der Waals surface area contributed by atoms with E-state index in [-0.39, 0.29) is 12.4 Å². The Kier molecular flexibility index (Phi) is 6.79. The first-order valence-corrected chi connectivity index (χ1v) is 8.78. The van der Waals surface area contributed by atoms with E-state index in [9.17, 15) is 18.0 Å². The summed E-state index contributed by atoms with van der Waals surface area (Å²) >= 11 is 7.41. The topological polar surface area (TPSA) is 26.3 Å². The fourth-order valence-electron chi connectivity index (χ4n) is 2.14. The minimum absolute atomic E-state index is 0.230. The average Bonchev–Trinajstić information content (AvgIpc) is 2.54. The van der Waals surface area contributed by atoms with Gasteiger partial charge in [0.25, 0.3) is 0 Å². The number of benzene rings is 2. The summed E-state index contributed by atoms with van der Waals surface area (Å²) in [6.07, 6.45) is -3.69. The van der Waals surface area contributed by atoms with Crippen LogP contribution in [0, 0.1) is 0 Å². The standard InChI is InChI=1S/C18H16ClF3O2S/c1-2-24-17(23)9-7-12-6-8-15(11-16(12)19)25-14-5-3-4-13(10-14)18(20,21)22/h3-6,8,10-11H,2,7,9H2,1H3. The molecule has 7 heteroatoms. The van der Waals surface area contributed by atoms with E-state index in [1.807, 2.05) is 0 Å². The molecule has 0 atom stereocenters. The molecule has 0 amide bonds. The summed E-state index contributed by atoms with van der Waals surface area (Å²) < 4.78 is 43.1. The van der Waals surface area contributed by atoms with Gasteiger partial charge in [-0.2, -0.15) is 13.2 Å². The lowest BCUT2D eigenvalue weighted by atomic mass is 10.1. The van der Waals surface area contributed by atoms with Crippen molar-refractivity contribution in [2.24, 2.45) is 0 Å². The van der Waals surface area contributed by atoms with Gasteiger partial charge in [-0.25, -0.2) is 0 Å². The van der Waals surface area contributed by atoms with Crippen LogP contribution in [0.3, 0.4) is 0 Å². The van der Waals surface area contributed by atoms with Gasteiger partial charge in [0.05, 0.1) is 12.2 Å². The summed E-state index contributed by atoms with van der Waals surface area (Å²) in [4.78, 5) is 12.6. The molecule has 0 spiro atoms. The molecule has 0 radical (unpaired) electrons. The predicted octanol–water partition coefficient (Wildman–Crippen LogP) is 6.01. The third-order valence-electron chi connectivity index (χ3n) is 3.33. The molecule has 0 heterocycles. The summed E-state index contributed by atoms with van der Waals surface area (Å²) in [6.45, 7) is 2.07. The number of esters is 1. The molecule has 0 aliphatic rings. The van der Waals surface area contributed by atoms with Crippen LogP contribution in [-0.2, 0) is 22.1 Å². The van der Waals surface area contributed by atoms with E-state index in [1.54, 1.807) is 31.2 Å². The Bertz CT molecular complexity index is 747. The SMILES string of the molecule is CCOC(=O)CCc1ccc(Sc2cccc(C(F)(F)F)c2)cc1Cl. The first-order valence-electron chi connectivity index (χ1n) is 7.58. The number of alkyl halides is 3. The Morgan fingerprint density at radius 1 is 1.16 bits per heavy atom. The largest absolute Gasteiger partial charge is 0.466 e. The van der Waals surface area contributed by atoms with Gasteiger partial charge in [0.15, 0.2) is 0 Å². The molecule has 0 bridgehead atoms. The van der Waals surface area contributed by atoms with E-state index in [4.69, 9.17) is 16.3 Å². The molecule has 0 aliphatic carbocycles. The minimum atomic E-state index is -4.37. The molecule has 2 aromatic carbocycles. The molecule has 134 valence electrons. The molecule has 0 fully saturated rings. The van der Waals surface area contributed by atoms with Crippen molar-refractivity contribution in [3.05, 3.63) is 58.6 Å². The zero-order chi connectivity index (χ0) is 18.4. The molecular weight excluding hydrogens is 373 g/mol. The molecule has 25 heavy (non-hydrogen) atoms. The molecule has 0 saturated carbocycles. The summed E-state index contributed by atoms with van der Waals surface area (Å²) in [5, 5.41) is 0.473. The molecule has 2 rings (SSSR count). The van der Waals surface area contributed by atoms with Gasteiger partial charge < -0.3 is 4.74 Å². The highest BCUT2D eigenvalue weighted by Crippen LogP contribution is 2.35. The second kappa shape index (κ2) is 8.63. The Balaban J connectivity index is 2.07. The third kappa shape index (κ3) is 5.97. The number of aryl methyl sites for hydroxylation is 1. The van der Waals surface area contributed by atoms with Crippen molar-refractivity contribution in [3.63, 3.8) is 0 Å². The van der Waals surface area contributed by atoms with Gasteiger partial charge in [0.2, 0.25) is 0 Å². The van der Waals surface area contributed by atoms with Crippen molar-refractivity contribution in [1.82, 2.24) is 0 Å². The maximum atomic E-state index is 12.8.